The molecule has 2 N–H and O–H groups in total. The Morgan fingerprint density at radius 2 is 2.21 bits per heavy atom. The minimum atomic E-state index is -0.394. The summed E-state index contributed by atoms with van der Waals surface area (Å²) in [6.45, 7) is 6.17. The molecule has 0 radical (unpaired) electrons. The highest BCUT2D eigenvalue weighted by atomic mass is 16.5. The lowest BCUT2D eigenvalue weighted by molar-refractivity contribution is 0.0665. The Kier molecular flexibility index (Phi) is 3.96. The average Bonchev–Trinajstić information content (AvgIpc) is 2.92. The zero-order chi connectivity index (χ0) is 14.0. The second-order valence-corrected chi connectivity index (χ2v) is 4.74. The Morgan fingerprint density at radius 1 is 1.47 bits per heavy atom. The molecule has 104 valence electrons. The Labute approximate surface area is 111 Å². The van der Waals surface area contributed by atoms with Crippen LogP contribution >= 0.6 is 0 Å². The van der Waals surface area contributed by atoms with E-state index in [4.69, 9.17) is 15.0 Å². The van der Waals surface area contributed by atoms with Crippen molar-refractivity contribution in [2.75, 3.05) is 6.61 Å². The molecule has 0 fully saturated rings. The highest BCUT2D eigenvalue weighted by Gasteiger charge is 2.18. The molecular formula is C12H19N5O2. The van der Waals surface area contributed by atoms with Gasteiger partial charge in [-0.1, -0.05) is 5.16 Å². The third kappa shape index (κ3) is 3.18. The van der Waals surface area contributed by atoms with Crippen molar-refractivity contribution in [3.8, 4) is 11.6 Å². The third-order valence-corrected chi connectivity index (χ3v) is 2.60. The van der Waals surface area contributed by atoms with Gasteiger partial charge >= 0.3 is 0 Å². The molecule has 0 saturated heterocycles. The number of aromatic nitrogens is 4. The number of aryl methyl sites for hydroxylation is 2. The predicted molar refractivity (Wildman–Crippen MR) is 69.3 cm³/mol. The first kappa shape index (κ1) is 13.7. The van der Waals surface area contributed by atoms with Crippen molar-refractivity contribution in [1.29, 1.82) is 0 Å². The molecule has 0 aliphatic rings. The quantitative estimate of drug-likeness (QED) is 0.873. The molecule has 0 aromatic carbocycles. The maximum absolute atomic E-state index is 5.95. The van der Waals surface area contributed by atoms with E-state index in [-0.39, 0.29) is 6.10 Å². The first-order valence-electron chi connectivity index (χ1n) is 6.19. The van der Waals surface area contributed by atoms with Crippen LogP contribution in [0.5, 0.6) is 0 Å². The topological polar surface area (TPSA) is 92.0 Å². The lowest BCUT2D eigenvalue weighted by Crippen LogP contribution is -2.20. The smallest absolute Gasteiger partial charge is 0.276 e. The summed E-state index contributed by atoms with van der Waals surface area (Å²) < 4.78 is 12.3. The number of rotatable bonds is 5. The molecule has 0 bridgehead atoms. The summed E-state index contributed by atoms with van der Waals surface area (Å²) in [5.74, 6) is 0.854. The molecule has 1 unspecified atom stereocenters. The van der Waals surface area contributed by atoms with Crippen LogP contribution in [0.3, 0.4) is 0 Å². The zero-order valence-corrected chi connectivity index (χ0v) is 11.6. The summed E-state index contributed by atoms with van der Waals surface area (Å²) in [6, 6.07) is 1.49. The number of ether oxygens (including phenoxy) is 1. The standard InChI is InChI=1S/C12H19N5O2/c1-7(2)18-6-9(13)11-14-12(19-16-11)10-5-8(3)15-17(10)4/h5,7,9H,6,13H2,1-4H3. The molecule has 0 aliphatic carbocycles. The van der Waals surface area contributed by atoms with Gasteiger partial charge in [0.1, 0.15) is 5.69 Å². The van der Waals surface area contributed by atoms with Gasteiger partial charge in [0.25, 0.3) is 5.89 Å². The molecule has 1 atom stereocenters. The van der Waals surface area contributed by atoms with Crippen molar-refractivity contribution in [1.82, 2.24) is 19.9 Å². The van der Waals surface area contributed by atoms with Gasteiger partial charge in [-0.3, -0.25) is 4.68 Å². The monoisotopic (exact) mass is 265 g/mol. The molecular weight excluding hydrogens is 246 g/mol. The molecule has 2 heterocycles. The van der Waals surface area contributed by atoms with Crippen LogP contribution < -0.4 is 5.73 Å². The summed E-state index contributed by atoms with van der Waals surface area (Å²) in [7, 11) is 1.83. The summed E-state index contributed by atoms with van der Waals surface area (Å²) >= 11 is 0. The number of nitrogens with two attached hydrogens (primary N) is 1. The van der Waals surface area contributed by atoms with E-state index in [9.17, 15) is 0 Å². The van der Waals surface area contributed by atoms with Gasteiger partial charge in [-0.15, -0.1) is 0 Å². The minimum Gasteiger partial charge on any atom is -0.377 e. The van der Waals surface area contributed by atoms with E-state index in [0.717, 1.165) is 11.4 Å². The lowest BCUT2D eigenvalue weighted by Gasteiger charge is -2.10. The summed E-state index contributed by atoms with van der Waals surface area (Å²) in [4.78, 5) is 4.29. The zero-order valence-electron chi connectivity index (χ0n) is 11.6. The summed E-state index contributed by atoms with van der Waals surface area (Å²) in [5, 5.41) is 8.12. The molecule has 0 amide bonds. The van der Waals surface area contributed by atoms with Crippen molar-refractivity contribution in [3.05, 3.63) is 17.6 Å². The fraction of sp³-hybridized carbons (Fsp3) is 0.583. The van der Waals surface area contributed by atoms with E-state index in [1.165, 1.54) is 0 Å². The van der Waals surface area contributed by atoms with Crippen molar-refractivity contribution in [3.63, 3.8) is 0 Å². The lowest BCUT2D eigenvalue weighted by atomic mass is 10.3. The highest BCUT2D eigenvalue weighted by Crippen LogP contribution is 2.19. The number of nitrogens with zero attached hydrogens (tertiary/aromatic N) is 4. The molecule has 2 aromatic rings. The van der Waals surface area contributed by atoms with Crippen LogP contribution in [0, 0.1) is 6.92 Å². The SMILES string of the molecule is Cc1cc(-c2nc(C(N)COC(C)C)no2)n(C)n1. The fourth-order valence-electron chi connectivity index (χ4n) is 1.67. The van der Waals surface area contributed by atoms with Gasteiger partial charge in [0, 0.05) is 7.05 Å². The van der Waals surface area contributed by atoms with Gasteiger partial charge in [0.05, 0.1) is 24.4 Å². The van der Waals surface area contributed by atoms with Gasteiger partial charge in [-0.25, -0.2) is 0 Å². The fourth-order valence-corrected chi connectivity index (χ4v) is 1.67. The first-order chi connectivity index (χ1) is 8.97. The van der Waals surface area contributed by atoms with E-state index in [2.05, 4.69) is 15.2 Å². The van der Waals surface area contributed by atoms with Crippen LogP contribution in [0.15, 0.2) is 10.6 Å². The second kappa shape index (κ2) is 5.50. The Bertz CT molecular complexity index is 546. The Morgan fingerprint density at radius 3 is 2.79 bits per heavy atom. The summed E-state index contributed by atoms with van der Waals surface area (Å²) in [6.07, 6.45) is 0.122. The highest BCUT2D eigenvalue weighted by molar-refractivity contribution is 5.47. The largest absolute Gasteiger partial charge is 0.377 e. The molecule has 0 aliphatic heterocycles. The van der Waals surface area contributed by atoms with Gasteiger partial charge < -0.3 is 15.0 Å². The van der Waals surface area contributed by atoms with E-state index in [0.29, 0.717) is 18.3 Å². The van der Waals surface area contributed by atoms with Crippen LogP contribution in [0.25, 0.3) is 11.6 Å². The van der Waals surface area contributed by atoms with Crippen LogP contribution in [0.4, 0.5) is 0 Å². The van der Waals surface area contributed by atoms with E-state index in [1.807, 2.05) is 33.9 Å². The first-order valence-corrected chi connectivity index (χ1v) is 6.19. The Hall–Kier alpha value is -1.73. The number of hydrogen-bond acceptors (Lipinski definition) is 6. The minimum absolute atomic E-state index is 0.122. The van der Waals surface area contributed by atoms with Crippen molar-refractivity contribution < 1.29 is 9.26 Å². The molecule has 0 spiro atoms. The van der Waals surface area contributed by atoms with Gasteiger partial charge in [0.15, 0.2) is 5.82 Å². The molecule has 0 saturated carbocycles. The average molecular weight is 265 g/mol. The van der Waals surface area contributed by atoms with Gasteiger partial charge in [-0.05, 0) is 26.8 Å². The Balaban J connectivity index is 2.12. The van der Waals surface area contributed by atoms with E-state index < -0.39 is 6.04 Å². The van der Waals surface area contributed by atoms with Crippen molar-refractivity contribution in [2.45, 2.75) is 32.9 Å². The molecule has 2 rings (SSSR count). The molecule has 2 aromatic heterocycles. The summed E-state index contributed by atoms with van der Waals surface area (Å²) in [5.41, 5.74) is 7.61. The van der Waals surface area contributed by atoms with Crippen LogP contribution in [0.2, 0.25) is 0 Å². The second-order valence-electron chi connectivity index (χ2n) is 4.74. The predicted octanol–water partition coefficient (Wildman–Crippen LogP) is 1.20. The van der Waals surface area contributed by atoms with Crippen LogP contribution in [0.1, 0.15) is 31.4 Å². The molecule has 7 heteroatoms. The third-order valence-electron chi connectivity index (χ3n) is 2.60. The maximum Gasteiger partial charge on any atom is 0.276 e. The van der Waals surface area contributed by atoms with Crippen molar-refractivity contribution >= 4 is 0 Å². The van der Waals surface area contributed by atoms with Crippen LogP contribution in [-0.2, 0) is 11.8 Å². The van der Waals surface area contributed by atoms with Crippen LogP contribution in [-0.4, -0.2) is 32.6 Å². The molecule has 7 nitrogen and oxygen atoms in total. The van der Waals surface area contributed by atoms with E-state index in [1.54, 1.807) is 4.68 Å². The van der Waals surface area contributed by atoms with E-state index >= 15 is 0 Å². The number of hydrogen-bond donors (Lipinski definition) is 1. The normalized spacial score (nSPS) is 13.2. The van der Waals surface area contributed by atoms with Crippen molar-refractivity contribution in [2.24, 2.45) is 12.8 Å². The van der Waals surface area contributed by atoms with Gasteiger partial charge in [-0.2, -0.15) is 10.1 Å². The van der Waals surface area contributed by atoms with Gasteiger partial charge in [0.2, 0.25) is 0 Å². The maximum atomic E-state index is 5.95. The molecule has 19 heavy (non-hydrogen) atoms.